The summed E-state index contributed by atoms with van der Waals surface area (Å²) in [4.78, 5) is 49.9. The zero-order valence-corrected chi connectivity index (χ0v) is 50.3. The molecule has 3 heterocycles. The van der Waals surface area contributed by atoms with Gasteiger partial charge in [0.2, 0.25) is 22.4 Å². The van der Waals surface area contributed by atoms with Gasteiger partial charge in [0.25, 0.3) is 12.1 Å². The molecule has 0 radical (unpaired) electrons. The van der Waals surface area contributed by atoms with Crippen LogP contribution in [0.15, 0.2) is 121 Å². The molecule has 5 unspecified atom stereocenters. The van der Waals surface area contributed by atoms with Gasteiger partial charge >= 0.3 is 23.9 Å². The van der Waals surface area contributed by atoms with Crippen molar-refractivity contribution in [2.24, 2.45) is 17.8 Å². The number of fused-ring (bicyclic) bond motifs is 3. The Morgan fingerprint density at radius 2 is 1.01 bits per heavy atom. The number of carboxylic acids is 3. The van der Waals surface area contributed by atoms with E-state index in [9.17, 15) is 34.5 Å². The molecule has 474 valence electrons. The van der Waals surface area contributed by atoms with Crippen LogP contribution in [0, 0.1) is 38.5 Å². The average Bonchev–Trinajstić information content (AvgIpc) is 3.21. The van der Waals surface area contributed by atoms with Gasteiger partial charge in [-0.2, -0.15) is 9.13 Å². The fraction of sp³-hybridized carbons (Fsp3) is 0.413. The van der Waals surface area contributed by atoms with Gasteiger partial charge in [-0.3, -0.25) is 9.59 Å². The summed E-state index contributed by atoms with van der Waals surface area (Å²) in [7, 11) is 0. The SMILES string of the molecule is C.C.C.C.Cc1c(C)c2c(c(C)c1OC(=O)C(CC(=O)O)[n+]1c(/C=C/c3ccc(N)cc3)ccc3ccccc31)CCC(C)(CCCC(C)CCCC(C)CCCC(C)C)O2.Nc1ccc(/C=C/c2ccc3ccccc3[n+]2C(CC(=O)O)C(=O)O)cc1. The largest absolute Gasteiger partial charge is 0.487 e. The number of para-hydroxylation sites is 2. The lowest BCUT2D eigenvalue weighted by Crippen LogP contribution is -2.49. The number of carbonyl (C=O) groups excluding carboxylic acids is 1. The Bertz CT molecular complexity index is 3500. The minimum atomic E-state index is -1.22. The summed E-state index contributed by atoms with van der Waals surface area (Å²) in [5.74, 6) is -0.356. The molecule has 0 fully saturated rings. The first-order chi connectivity index (χ1) is 40.1. The molecule has 1 aliphatic heterocycles. The predicted octanol–water partition coefficient (Wildman–Crippen LogP) is 17.5. The van der Waals surface area contributed by atoms with Crippen molar-refractivity contribution < 1.29 is 53.1 Å². The highest BCUT2D eigenvalue weighted by Crippen LogP contribution is 2.45. The van der Waals surface area contributed by atoms with Crippen molar-refractivity contribution in [3.63, 3.8) is 0 Å². The van der Waals surface area contributed by atoms with Gasteiger partial charge in [-0.1, -0.05) is 151 Å². The molecule has 5 atom stereocenters. The second-order valence-corrected chi connectivity index (χ2v) is 23.8. The predicted molar refractivity (Wildman–Crippen MR) is 363 cm³/mol. The van der Waals surface area contributed by atoms with E-state index in [4.69, 9.17) is 20.9 Å². The molecule has 13 nitrogen and oxygen atoms in total. The van der Waals surface area contributed by atoms with E-state index >= 15 is 0 Å². The summed E-state index contributed by atoms with van der Waals surface area (Å²) < 4.78 is 16.6. The van der Waals surface area contributed by atoms with Gasteiger partial charge in [0.15, 0.2) is 0 Å². The molecular formula is C75H102N4O9+2. The Labute approximate surface area is 525 Å². The zero-order valence-electron chi connectivity index (χ0n) is 50.3. The number of ether oxygens (including phenoxy) is 2. The number of aromatic nitrogens is 2. The summed E-state index contributed by atoms with van der Waals surface area (Å²) in [5, 5.41) is 30.7. The molecule has 88 heavy (non-hydrogen) atoms. The number of hydrogen-bond acceptors (Lipinski definition) is 8. The van der Waals surface area contributed by atoms with Crippen molar-refractivity contribution in [3.8, 4) is 11.5 Å². The van der Waals surface area contributed by atoms with Crippen LogP contribution in [0.1, 0.15) is 198 Å². The first kappa shape index (κ1) is 73.9. The Hall–Kier alpha value is -8.32. The molecule has 13 heteroatoms. The first-order valence-electron chi connectivity index (χ1n) is 29.7. The minimum Gasteiger partial charge on any atom is -0.487 e. The van der Waals surface area contributed by atoms with Crippen LogP contribution in [-0.4, -0.2) is 44.8 Å². The topological polar surface area (TPSA) is 207 Å². The molecule has 0 spiro atoms. The number of esters is 1. The Morgan fingerprint density at radius 3 is 1.48 bits per heavy atom. The van der Waals surface area contributed by atoms with E-state index < -0.39 is 48.8 Å². The average molecular weight is 1200 g/mol. The molecule has 2 aromatic heterocycles. The van der Waals surface area contributed by atoms with Gasteiger partial charge in [-0.05, 0) is 160 Å². The molecule has 5 aromatic carbocycles. The van der Waals surface area contributed by atoms with Gasteiger partial charge in [-0.15, -0.1) is 0 Å². The number of carboxylic acid groups (broad SMARTS) is 3. The van der Waals surface area contributed by atoms with Crippen LogP contribution in [0.4, 0.5) is 11.4 Å². The summed E-state index contributed by atoms with van der Waals surface area (Å²) in [6, 6.07) is 34.9. The molecule has 0 saturated carbocycles. The first-order valence-corrected chi connectivity index (χ1v) is 29.7. The van der Waals surface area contributed by atoms with E-state index in [2.05, 4.69) is 34.6 Å². The number of nitrogens with zero attached hydrogens (tertiary/aromatic N) is 2. The number of carbonyl (C=O) groups is 4. The van der Waals surface area contributed by atoms with Crippen molar-refractivity contribution >= 4 is 81.4 Å². The van der Waals surface area contributed by atoms with Gasteiger partial charge in [0.05, 0.1) is 0 Å². The molecule has 8 rings (SSSR count). The summed E-state index contributed by atoms with van der Waals surface area (Å²) in [5.41, 5.74) is 20.9. The van der Waals surface area contributed by atoms with Crippen LogP contribution < -0.4 is 30.1 Å². The second kappa shape index (κ2) is 34.3. The third-order valence-corrected chi connectivity index (χ3v) is 16.5. The number of nitrogen functional groups attached to an aromatic ring is 2. The Kier molecular flexibility index (Phi) is 28.8. The van der Waals surface area contributed by atoms with Gasteiger partial charge in [-0.25, -0.2) is 9.59 Å². The van der Waals surface area contributed by atoms with Crippen molar-refractivity contribution in [2.45, 2.75) is 186 Å². The normalized spacial score (nSPS) is 14.8. The standard InChI is InChI=1S/C50H66N2O5.C21H18N2O4.4CH4/c1-33(2)14-11-15-34(3)16-12-17-35(4)18-13-30-50(8)31-29-43-38(7)47(36(5)37(6)48(43)57-50)56-49(55)45(32-46(53)54)52-42(27-23-39-21-25-41(51)26-22-39)28-24-40-19-9-10-20-44(40)52;22-16-9-5-14(6-10-16)7-11-17-12-8-15-3-1-2-4-18(15)23(17)19(21(26)27)13-20(24)25;;;;/h9-10,19-28,33-35,45,51H,11-18,29-32H2,1-8H3,(H,53,54);1-12,19,22H,13H2,(H2,24,25,26,27);4*1H4/p+2. The Morgan fingerprint density at radius 1 is 0.568 bits per heavy atom. The maximum Gasteiger partial charge on any atom is 0.381 e. The fourth-order valence-electron chi connectivity index (χ4n) is 11.5. The van der Waals surface area contributed by atoms with Crippen LogP contribution in [0.2, 0.25) is 0 Å². The fourth-order valence-corrected chi connectivity index (χ4v) is 11.5. The molecule has 0 amide bonds. The van der Waals surface area contributed by atoms with Crippen LogP contribution in [0.3, 0.4) is 0 Å². The number of nitrogens with two attached hydrogens (primary N) is 2. The molecule has 0 bridgehead atoms. The van der Waals surface area contributed by atoms with Crippen molar-refractivity contribution in [3.05, 3.63) is 166 Å². The molecule has 0 aliphatic carbocycles. The van der Waals surface area contributed by atoms with Crippen LogP contribution in [0.5, 0.6) is 11.5 Å². The molecule has 1 aliphatic rings. The van der Waals surface area contributed by atoms with E-state index in [1.165, 1.54) is 44.9 Å². The van der Waals surface area contributed by atoms with E-state index in [1.807, 2.05) is 130 Å². The lowest BCUT2D eigenvalue weighted by atomic mass is 9.83. The number of hydrogen-bond donors (Lipinski definition) is 5. The maximum absolute atomic E-state index is 14.4. The smallest absolute Gasteiger partial charge is 0.381 e. The summed E-state index contributed by atoms with van der Waals surface area (Å²) in [6.45, 7) is 17.7. The minimum absolute atomic E-state index is 0. The third kappa shape index (κ3) is 19.9. The number of anilines is 2. The monoisotopic (exact) mass is 1200 g/mol. The van der Waals surface area contributed by atoms with Gasteiger partial charge in [0.1, 0.15) is 29.9 Å². The summed E-state index contributed by atoms with van der Waals surface area (Å²) in [6.07, 6.45) is 19.5. The molecule has 7 aromatic rings. The van der Waals surface area contributed by atoms with Gasteiger partial charge in [0, 0.05) is 64.1 Å². The van der Waals surface area contributed by atoms with Crippen LogP contribution in [0.25, 0.3) is 46.1 Å². The van der Waals surface area contributed by atoms with Crippen LogP contribution >= 0.6 is 0 Å². The third-order valence-electron chi connectivity index (χ3n) is 16.5. The number of rotatable bonds is 25. The highest BCUT2D eigenvalue weighted by Gasteiger charge is 2.39. The quantitative estimate of drug-likeness (QED) is 0.0157. The lowest BCUT2D eigenvalue weighted by molar-refractivity contribution is -0.686. The number of aliphatic carboxylic acids is 3. The maximum atomic E-state index is 14.4. The lowest BCUT2D eigenvalue weighted by Gasteiger charge is -2.38. The van der Waals surface area contributed by atoms with E-state index in [0.717, 1.165) is 92.9 Å². The Balaban J connectivity index is 0.000000550. The molecular weight excluding hydrogens is 1100 g/mol. The van der Waals surface area contributed by atoms with Gasteiger partial charge < -0.3 is 36.3 Å². The highest BCUT2D eigenvalue weighted by molar-refractivity contribution is 5.85. The van der Waals surface area contributed by atoms with Crippen molar-refractivity contribution in [2.75, 3.05) is 11.5 Å². The summed E-state index contributed by atoms with van der Waals surface area (Å²) >= 11 is 0. The van der Waals surface area contributed by atoms with E-state index in [-0.39, 0.29) is 35.3 Å². The van der Waals surface area contributed by atoms with E-state index in [0.29, 0.717) is 39.9 Å². The number of benzene rings is 5. The molecule has 0 saturated heterocycles. The van der Waals surface area contributed by atoms with Crippen molar-refractivity contribution in [1.82, 2.24) is 0 Å². The highest BCUT2D eigenvalue weighted by atomic mass is 16.5. The van der Waals surface area contributed by atoms with E-state index in [1.54, 1.807) is 45.5 Å². The molecule has 7 N–H and O–H groups in total. The second-order valence-electron chi connectivity index (χ2n) is 23.8. The number of pyridine rings is 2. The van der Waals surface area contributed by atoms with Crippen molar-refractivity contribution in [1.29, 1.82) is 0 Å². The van der Waals surface area contributed by atoms with Crippen LogP contribution in [-0.2, 0) is 25.6 Å². The zero-order chi connectivity index (χ0) is 60.7.